The van der Waals surface area contributed by atoms with Gasteiger partial charge >= 0.3 is 5.97 Å². The molecule has 3 aromatic rings. The number of ether oxygens (including phenoxy) is 1. The molecule has 0 atom stereocenters. The molecule has 0 unspecified atom stereocenters. The number of carbonyl (C=O) groups excluding carboxylic acids is 2. The van der Waals surface area contributed by atoms with E-state index in [-0.39, 0.29) is 5.69 Å². The first-order chi connectivity index (χ1) is 13.6. The molecule has 144 valence electrons. The van der Waals surface area contributed by atoms with Crippen molar-refractivity contribution in [2.45, 2.75) is 32.6 Å². The van der Waals surface area contributed by atoms with Crippen LogP contribution in [-0.4, -0.2) is 24.1 Å². The largest absolute Gasteiger partial charge is 0.465 e. The van der Waals surface area contributed by atoms with Crippen molar-refractivity contribution in [3.05, 3.63) is 57.6 Å². The highest BCUT2D eigenvalue weighted by Gasteiger charge is 2.27. The SMILES string of the molecule is COC(=O)c1c(NC(=O)c2cc(-c3ccc(C)cc3)on2)sc2c1CCCC2. The molecule has 2 heterocycles. The molecule has 4 rings (SSSR count). The third-order valence-corrected chi connectivity index (χ3v) is 6.07. The first kappa shape index (κ1) is 18.4. The van der Waals surface area contributed by atoms with E-state index < -0.39 is 11.9 Å². The van der Waals surface area contributed by atoms with Gasteiger partial charge in [0.1, 0.15) is 5.00 Å². The Kier molecular flexibility index (Phi) is 5.00. The average molecular weight is 396 g/mol. The molecule has 1 aromatic carbocycles. The maximum atomic E-state index is 12.7. The van der Waals surface area contributed by atoms with E-state index in [4.69, 9.17) is 9.26 Å². The van der Waals surface area contributed by atoms with Gasteiger partial charge < -0.3 is 14.6 Å². The Bertz CT molecular complexity index is 1030. The quantitative estimate of drug-likeness (QED) is 0.650. The van der Waals surface area contributed by atoms with Gasteiger partial charge in [-0.3, -0.25) is 4.79 Å². The monoisotopic (exact) mass is 396 g/mol. The van der Waals surface area contributed by atoms with Crippen LogP contribution in [0.15, 0.2) is 34.9 Å². The van der Waals surface area contributed by atoms with Gasteiger partial charge in [0, 0.05) is 16.5 Å². The fraction of sp³-hybridized carbons (Fsp3) is 0.286. The number of nitrogens with one attached hydrogen (secondary N) is 1. The van der Waals surface area contributed by atoms with Crippen molar-refractivity contribution in [1.29, 1.82) is 0 Å². The molecule has 0 bridgehead atoms. The second-order valence-electron chi connectivity index (χ2n) is 6.80. The van der Waals surface area contributed by atoms with E-state index in [2.05, 4.69) is 10.5 Å². The molecule has 1 N–H and O–H groups in total. The minimum absolute atomic E-state index is 0.165. The van der Waals surface area contributed by atoms with Crippen molar-refractivity contribution in [3.8, 4) is 11.3 Å². The summed E-state index contributed by atoms with van der Waals surface area (Å²) in [5, 5.41) is 7.24. The molecule has 0 aliphatic heterocycles. The minimum atomic E-state index is -0.421. The number of aryl methyl sites for hydroxylation is 2. The van der Waals surface area contributed by atoms with Crippen molar-refractivity contribution >= 4 is 28.2 Å². The number of benzene rings is 1. The molecule has 0 saturated heterocycles. The van der Waals surface area contributed by atoms with E-state index in [1.807, 2.05) is 31.2 Å². The van der Waals surface area contributed by atoms with Crippen molar-refractivity contribution in [1.82, 2.24) is 5.16 Å². The molecule has 6 nitrogen and oxygen atoms in total. The zero-order valence-electron chi connectivity index (χ0n) is 15.7. The third kappa shape index (κ3) is 3.45. The fourth-order valence-electron chi connectivity index (χ4n) is 3.38. The summed E-state index contributed by atoms with van der Waals surface area (Å²) < 4.78 is 10.3. The lowest BCUT2D eigenvalue weighted by atomic mass is 9.95. The Hall–Kier alpha value is -2.93. The molecule has 1 aliphatic carbocycles. The molecule has 0 radical (unpaired) electrons. The molecular formula is C21H20N2O4S. The van der Waals surface area contributed by atoms with Crippen molar-refractivity contribution in [2.75, 3.05) is 12.4 Å². The number of amides is 1. The maximum absolute atomic E-state index is 12.7. The number of aromatic nitrogens is 1. The number of carbonyl (C=O) groups is 2. The summed E-state index contributed by atoms with van der Waals surface area (Å²) in [6.07, 6.45) is 3.87. The van der Waals surface area contributed by atoms with Gasteiger partial charge in [-0.1, -0.05) is 35.0 Å². The molecule has 0 spiro atoms. The zero-order valence-corrected chi connectivity index (χ0v) is 16.5. The van der Waals surface area contributed by atoms with E-state index in [9.17, 15) is 9.59 Å². The summed E-state index contributed by atoms with van der Waals surface area (Å²) in [4.78, 5) is 26.2. The number of hydrogen-bond acceptors (Lipinski definition) is 6. The maximum Gasteiger partial charge on any atom is 0.341 e. The predicted molar refractivity (Wildman–Crippen MR) is 107 cm³/mol. The first-order valence-electron chi connectivity index (χ1n) is 9.14. The molecule has 1 aliphatic rings. The molecule has 1 amide bonds. The highest BCUT2D eigenvalue weighted by atomic mass is 32.1. The smallest absolute Gasteiger partial charge is 0.341 e. The van der Waals surface area contributed by atoms with Crippen LogP contribution in [0, 0.1) is 6.92 Å². The number of hydrogen-bond donors (Lipinski definition) is 1. The number of methoxy groups -OCH3 is 1. The minimum Gasteiger partial charge on any atom is -0.465 e. The number of esters is 1. The number of anilines is 1. The van der Waals surface area contributed by atoms with Gasteiger partial charge in [0.2, 0.25) is 0 Å². The van der Waals surface area contributed by atoms with Crippen molar-refractivity contribution < 1.29 is 18.8 Å². The van der Waals surface area contributed by atoms with Gasteiger partial charge in [-0.05, 0) is 38.2 Å². The van der Waals surface area contributed by atoms with Gasteiger partial charge in [0.15, 0.2) is 11.5 Å². The van der Waals surface area contributed by atoms with Crippen LogP contribution in [0.3, 0.4) is 0 Å². The Balaban J connectivity index is 1.60. The summed E-state index contributed by atoms with van der Waals surface area (Å²) in [6.45, 7) is 2.00. The second kappa shape index (κ2) is 7.59. The Morgan fingerprint density at radius 3 is 2.68 bits per heavy atom. The zero-order chi connectivity index (χ0) is 19.7. The third-order valence-electron chi connectivity index (χ3n) is 4.87. The summed E-state index contributed by atoms with van der Waals surface area (Å²) in [6, 6.07) is 9.37. The molecule has 0 saturated carbocycles. The highest BCUT2D eigenvalue weighted by Crippen LogP contribution is 2.38. The number of nitrogens with zero attached hydrogens (tertiary/aromatic N) is 1. The van der Waals surface area contributed by atoms with E-state index >= 15 is 0 Å². The Morgan fingerprint density at radius 2 is 1.93 bits per heavy atom. The van der Waals surface area contributed by atoms with E-state index in [0.717, 1.165) is 47.3 Å². The fourth-order valence-corrected chi connectivity index (χ4v) is 4.65. The van der Waals surface area contributed by atoms with Crippen LogP contribution in [-0.2, 0) is 17.6 Å². The van der Waals surface area contributed by atoms with Gasteiger partial charge in [0.05, 0.1) is 12.7 Å². The number of fused-ring (bicyclic) bond motifs is 1. The molecule has 0 fully saturated rings. The van der Waals surface area contributed by atoms with Crippen LogP contribution in [0.2, 0.25) is 0 Å². The van der Waals surface area contributed by atoms with E-state index in [1.165, 1.54) is 18.4 Å². The molecule has 28 heavy (non-hydrogen) atoms. The van der Waals surface area contributed by atoms with Gasteiger partial charge in [-0.25, -0.2) is 4.79 Å². The summed E-state index contributed by atoms with van der Waals surface area (Å²) in [7, 11) is 1.35. The normalized spacial score (nSPS) is 13.1. The van der Waals surface area contributed by atoms with Gasteiger partial charge in [-0.15, -0.1) is 11.3 Å². The Morgan fingerprint density at radius 1 is 1.18 bits per heavy atom. The van der Waals surface area contributed by atoms with Gasteiger partial charge in [0.25, 0.3) is 5.91 Å². The highest BCUT2D eigenvalue weighted by molar-refractivity contribution is 7.17. The summed E-state index contributed by atoms with van der Waals surface area (Å²) in [5.41, 5.74) is 3.62. The average Bonchev–Trinajstić information content (AvgIpc) is 3.33. The number of thiophene rings is 1. The van der Waals surface area contributed by atoms with Crippen LogP contribution in [0.25, 0.3) is 11.3 Å². The topological polar surface area (TPSA) is 81.4 Å². The molecule has 2 aromatic heterocycles. The van der Waals surface area contributed by atoms with Crippen LogP contribution in [0.5, 0.6) is 0 Å². The van der Waals surface area contributed by atoms with Crippen LogP contribution < -0.4 is 5.32 Å². The van der Waals surface area contributed by atoms with Crippen LogP contribution in [0.4, 0.5) is 5.00 Å². The lowest BCUT2D eigenvalue weighted by Gasteiger charge is -2.11. The van der Waals surface area contributed by atoms with Crippen LogP contribution >= 0.6 is 11.3 Å². The lowest BCUT2D eigenvalue weighted by Crippen LogP contribution is -2.15. The van der Waals surface area contributed by atoms with E-state index in [1.54, 1.807) is 6.07 Å². The first-order valence-corrected chi connectivity index (χ1v) is 9.96. The summed E-state index contributed by atoms with van der Waals surface area (Å²) in [5.74, 6) is -0.315. The van der Waals surface area contributed by atoms with Gasteiger partial charge in [-0.2, -0.15) is 0 Å². The lowest BCUT2D eigenvalue weighted by molar-refractivity contribution is 0.0601. The number of rotatable bonds is 4. The van der Waals surface area contributed by atoms with Crippen molar-refractivity contribution in [2.24, 2.45) is 0 Å². The second-order valence-corrected chi connectivity index (χ2v) is 7.91. The Labute approximate surface area is 166 Å². The standard InChI is InChI=1S/C21H20N2O4S/c1-12-7-9-13(10-8-12)16-11-15(23-27-16)19(24)22-20-18(21(25)26-2)14-5-3-4-6-17(14)28-20/h7-11H,3-6H2,1-2H3,(H,22,24). The molecular weight excluding hydrogens is 376 g/mol. The molecule has 7 heteroatoms. The van der Waals surface area contributed by atoms with Crippen LogP contribution in [0.1, 0.15) is 49.7 Å². The summed E-state index contributed by atoms with van der Waals surface area (Å²) >= 11 is 1.44. The van der Waals surface area contributed by atoms with Crippen molar-refractivity contribution in [3.63, 3.8) is 0 Å². The van der Waals surface area contributed by atoms with E-state index in [0.29, 0.717) is 16.3 Å². The predicted octanol–water partition coefficient (Wildman–Crippen LogP) is 4.63.